The molecule has 5 heteroatoms. The van der Waals surface area contributed by atoms with E-state index in [2.05, 4.69) is 5.43 Å². The molecule has 0 aliphatic carbocycles. The second kappa shape index (κ2) is 6.89. The molecule has 0 bridgehead atoms. The van der Waals surface area contributed by atoms with Gasteiger partial charge in [-0.3, -0.25) is 5.84 Å². The highest BCUT2D eigenvalue weighted by Crippen LogP contribution is 2.24. The lowest BCUT2D eigenvalue weighted by atomic mass is 9.99. The quantitative estimate of drug-likeness (QED) is 0.654. The van der Waals surface area contributed by atoms with Gasteiger partial charge in [-0.2, -0.15) is 0 Å². The summed E-state index contributed by atoms with van der Waals surface area (Å²) in [6.45, 7) is 3.92. The second-order valence-corrected chi connectivity index (χ2v) is 5.40. The summed E-state index contributed by atoms with van der Waals surface area (Å²) in [4.78, 5) is 0. The summed E-state index contributed by atoms with van der Waals surface area (Å²) in [5.41, 5.74) is 4.84. The molecule has 21 heavy (non-hydrogen) atoms. The molecule has 3 N–H and O–H groups in total. The van der Waals surface area contributed by atoms with E-state index in [-0.39, 0.29) is 12.4 Å². The van der Waals surface area contributed by atoms with Gasteiger partial charge < -0.3 is 4.74 Å². The zero-order valence-corrected chi connectivity index (χ0v) is 12.7. The van der Waals surface area contributed by atoms with Gasteiger partial charge in [-0.15, -0.1) is 0 Å². The van der Waals surface area contributed by atoms with Crippen LogP contribution in [0.25, 0.3) is 0 Å². The van der Waals surface area contributed by atoms with Crippen molar-refractivity contribution >= 4 is 11.6 Å². The van der Waals surface area contributed by atoms with Gasteiger partial charge in [0, 0.05) is 10.6 Å². The molecule has 3 nitrogen and oxygen atoms in total. The maximum absolute atomic E-state index is 14.2. The number of nitrogens with one attached hydrogen (secondary N) is 1. The van der Waals surface area contributed by atoms with Crippen LogP contribution in [0.4, 0.5) is 4.39 Å². The lowest BCUT2D eigenvalue weighted by molar-refractivity contribution is 0.263. The third kappa shape index (κ3) is 3.94. The zero-order valence-electron chi connectivity index (χ0n) is 12.0. The smallest absolute Gasteiger partial charge is 0.128 e. The molecule has 2 rings (SSSR count). The van der Waals surface area contributed by atoms with Gasteiger partial charge in [-0.1, -0.05) is 23.7 Å². The molecule has 0 heterocycles. The number of ether oxygens (including phenoxy) is 1. The first-order valence-corrected chi connectivity index (χ1v) is 7.00. The summed E-state index contributed by atoms with van der Waals surface area (Å²) in [6, 6.07) is 10.0. The first-order chi connectivity index (χ1) is 10.0. The molecule has 0 radical (unpaired) electrons. The highest BCUT2D eigenvalue weighted by molar-refractivity contribution is 6.30. The van der Waals surface area contributed by atoms with E-state index in [1.54, 1.807) is 24.3 Å². The van der Waals surface area contributed by atoms with E-state index >= 15 is 0 Å². The number of nitrogens with two attached hydrogens (primary N) is 1. The molecular weight excluding hydrogens is 291 g/mol. The molecule has 0 aliphatic rings. The normalized spacial score (nSPS) is 12.2. The predicted molar refractivity (Wildman–Crippen MR) is 82.9 cm³/mol. The maximum atomic E-state index is 14.2. The summed E-state index contributed by atoms with van der Waals surface area (Å²) in [7, 11) is 0. The molecule has 0 aliphatic heterocycles. The van der Waals surface area contributed by atoms with Gasteiger partial charge in [-0.05, 0) is 49.2 Å². The van der Waals surface area contributed by atoms with Crippen molar-refractivity contribution in [3.05, 3.63) is 63.9 Å². The van der Waals surface area contributed by atoms with Crippen LogP contribution >= 0.6 is 11.6 Å². The monoisotopic (exact) mass is 308 g/mol. The topological polar surface area (TPSA) is 47.3 Å². The SMILES string of the molecule is Cc1cc(C)c(C(COc2cccc(Cl)c2)NN)c(F)c1. The van der Waals surface area contributed by atoms with Crippen LogP contribution < -0.4 is 16.0 Å². The number of aryl methyl sites for hydroxylation is 2. The van der Waals surface area contributed by atoms with E-state index in [0.717, 1.165) is 11.1 Å². The fraction of sp³-hybridized carbons (Fsp3) is 0.250. The summed E-state index contributed by atoms with van der Waals surface area (Å²) in [6.07, 6.45) is 0. The van der Waals surface area contributed by atoms with Crippen LogP contribution in [-0.2, 0) is 0 Å². The third-order valence-corrected chi connectivity index (χ3v) is 3.48. The zero-order chi connectivity index (χ0) is 15.4. The average Bonchev–Trinajstić information content (AvgIpc) is 2.41. The van der Waals surface area contributed by atoms with Crippen LogP contribution in [0.5, 0.6) is 5.75 Å². The van der Waals surface area contributed by atoms with Gasteiger partial charge in [0.2, 0.25) is 0 Å². The van der Waals surface area contributed by atoms with Crippen LogP contribution in [0, 0.1) is 19.7 Å². The molecule has 0 aromatic heterocycles. The highest BCUT2D eigenvalue weighted by atomic mass is 35.5. The molecule has 1 unspecified atom stereocenters. The summed E-state index contributed by atoms with van der Waals surface area (Å²) in [5.74, 6) is 5.88. The molecule has 0 saturated heterocycles. The van der Waals surface area contributed by atoms with E-state index in [0.29, 0.717) is 16.3 Å². The Kier molecular flexibility index (Phi) is 5.17. The largest absolute Gasteiger partial charge is 0.491 e. The van der Waals surface area contributed by atoms with Crippen molar-refractivity contribution < 1.29 is 9.13 Å². The summed E-state index contributed by atoms with van der Waals surface area (Å²) >= 11 is 5.90. The number of benzene rings is 2. The van der Waals surface area contributed by atoms with Crippen molar-refractivity contribution in [1.82, 2.24) is 5.43 Å². The molecule has 1 atom stereocenters. The van der Waals surface area contributed by atoms with E-state index < -0.39 is 6.04 Å². The van der Waals surface area contributed by atoms with Gasteiger partial charge in [-0.25, -0.2) is 9.82 Å². The van der Waals surface area contributed by atoms with Crippen molar-refractivity contribution in [2.45, 2.75) is 19.9 Å². The second-order valence-electron chi connectivity index (χ2n) is 4.96. The molecule has 0 spiro atoms. The average molecular weight is 309 g/mol. The molecule has 2 aromatic rings. The Bertz CT molecular complexity index is 610. The van der Waals surface area contributed by atoms with Crippen LogP contribution in [0.2, 0.25) is 5.02 Å². The minimum absolute atomic E-state index is 0.206. The Balaban J connectivity index is 2.17. The lowest BCUT2D eigenvalue weighted by Crippen LogP contribution is -2.33. The fourth-order valence-electron chi connectivity index (χ4n) is 2.32. The molecular formula is C16H18ClFN2O. The lowest BCUT2D eigenvalue weighted by Gasteiger charge is -2.20. The van der Waals surface area contributed by atoms with Crippen molar-refractivity contribution in [3.63, 3.8) is 0 Å². The highest BCUT2D eigenvalue weighted by Gasteiger charge is 2.18. The Morgan fingerprint density at radius 2 is 2.05 bits per heavy atom. The van der Waals surface area contributed by atoms with Crippen molar-refractivity contribution in [2.75, 3.05) is 6.61 Å². The van der Waals surface area contributed by atoms with E-state index in [9.17, 15) is 4.39 Å². The maximum Gasteiger partial charge on any atom is 0.128 e. The van der Waals surface area contributed by atoms with Gasteiger partial charge >= 0.3 is 0 Å². The van der Waals surface area contributed by atoms with E-state index in [1.807, 2.05) is 19.9 Å². The van der Waals surface area contributed by atoms with Crippen molar-refractivity contribution in [2.24, 2.45) is 5.84 Å². The van der Waals surface area contributed by atoms with Gasteiger partial charge in [0.1, 0.15) is 18.2 Å². The standard InChI is InChI=1S/C16H18ClFN2O/c1-10-6-11(2)16(14(18)7-10)15(20-19)9-21-13-5-3-4-12(17)8-13/h3-8,15,20H,9,19H2,1-2H3. The van der Waals surface area contributed by atoms with E-state index in [4.69, 9.17) is 22.2 Å². The van der Waals surface area contributed by atoms with Crippen LogP contribution in [0.15, 0.2) is 36.4 Å². The Morgan fingerprint density at radius 1 is 1.29 bits per heavy atom. The first-order valence-electron chi connectivity index (χ1n) is 6.62. The van der Waals surface area contributed by atoms with Gasteiger partial charge in [0.25, 0.3) is 0 Å². The Morgan fingerprint density at radius 3 is 2.67 bits per heavy atom. The van der Waals surface area contributed by atoms with Crippen LogP contribution in [-0.4, -0.2) is 6.61 Å². The molecule has 112 valence electrons. The fourth-order valence-corrected chi connectivity index (χ4v) is 2.50. The number of rotatable bonds is 5. The van der Waals surface area contributed by atoms with Crippen LogP contribution in [0.3, 0.4) is 0 Å². The first kappa shape index (κ1) is 15.8. The van der Waals surface area contributed by atoms with Crippen molar-refractivity contribution in [3.8, 4) is 5.75 Å². The molecule has 0 fully saturated rings. The predicted octanol–water partition coefficient (Wildman–Crippen LogP) is 3.68. The number of halogens is 2. The minimum Gasteiger partial charge on any atom is -0.491 e. The Labute approximate surface area is 128 Å². The van der Waals surface area contributed by atoms with Gasteiger partial charge in [0.05, 0.1) is 6.04 Å². The number of hydrogen-bond acceptors (Lipinski definition) is 3. The van der Waals surface area contributed by atoms with Crippen LogP contribution in [0.1, 0.15) is 22.7 Å². The summed E-state index contributed by atoms with van der Waals surface area (Å²) in [5, 5.41) is 0.586. The minimum atomic E-state index is -0.440. The summed E-state index contributed by atoms with van der Waals surface area (Å²) < 4.78 is 19.8. The molecule has 0 saturated carbocycles. The van der Waals surface area contributed by atoms with Crippen molar-refractivity contribution in [1.29, 1.82) is 0 Å². The number of hydrogen-bond donors (Lipinski definition) is 2. The Hall–Kier alpha value is -1.62. The molecule has 2 aromatic carbocycles. The third-order valence-electron chi connectivity index (χ3n) is 3.24. The molecule has 0 amide bonds. The van der Waals surface area contributed by atoms with Gasteiger partial charge in [0.15, 0.2) is 0 Å². The van der Waals surface area contributed by atoms with E-state index in [1.165, 1.54) is 6.07 Å². The number of hydrazine groups is 1.